The van der Waals surface area contributed by atoms with Gasteiger partial charge in [-0.15, -0.1) is 0 Å². The minimum Gasteiger partial charge on any atom is -0.355 e. The molecule has 0 unspecified atom stereocenters. The number of unbranched alkanes of at least 4 members (excludes halogenated alkanes) is 1. The Kier molecular flexibility index (Phi) is 13.1. The molecule has 0 atom stereocenters. The van der Waals surface area contributed by atoms with Crippen LogP contribution in [-0.2, 0) is 9.59 Å². The van der Waals surface area contributed by atoms with E-state index >= 15 is 0 Å². The molecule has 0 bridgehead atoms. The number of hydrogen-bond acceptors (Lipinski definition) is 5. The summed E-state index contributed by atoms with van der Waals surface area (Å²) in [7, 11) is 5.55. The van der Waals surface area contributed by atoms with Gasteiger partial charge in [0.1, 0.15) is 5.78 Å². The quantitative estimate of drug-likeness (QED) is 0.425. The molecule has 0 aliphatic heterocycles. The summed E-state index contributed by atoms with van der Waals surface area (Å²) in [5.41, 5.74) is 0. The average Bonchev–Trinajstić information content (AvgIpc) is 2.33. The molecule has 0 aromatic carbocycles. The lowest BCUT2D eigenvalue weighted by atomic mass is 10.1. The first kappa shape index (κ1) is 17.8. The molecule has 0 saturated heterocycles. The summed E-state index contributed by atoms with van der Waals surface area (Å²) in [5.74, 6) is 2.32. The van der Waals surface area contributed by atoms with Crippen LogP contribution < -0.4 is 10.6 Å². The maximum absolute atomic E-state index is 11.4. The van der Waals surface area contributed by atoms with Crippen LogP contribution in [0.15, 0.2) is 0 Å². The van der Waals surface area contributed by atoms with Gasteiger partial charge in [0.25, 0.3) is 0 Å². The first-order chi connectivity index (χ1) is 8.66. The molecule has 0 aliphatic rings. The van der Waals surface area contributed by atoms with Crippen molar-refractivity contribution in [3.05, 3.63) is 0 Å². The number of rotatable bonds is 12. The molecule has 1 amide bonds. The van der Waals surface area contributed by atoms with Crippen molar-refractivity contribution in [2.24, 2.45) is 0 Å². The topological polar surface area (TPSA) is 58.2 Å². The van der Waals surface area contributed by atoms with E-state index in [1.807, 2.05) is 17.8 Å². The van der Waals surface area contributed by atoms with Crippen LogP contribution in [0.4, 0.5) is 0 Å². The highest BCUT2D eigenvalue weighted by Gasteiger charge is 2.01. The summed E-state index contributed by atoms with van der Waals surface area (Å²) in [6.45, 7) is 3.33. The Bertz CT molecular complexity index is 238. The predicted octanol–water partition coefficient (Wildman–Crippen LogP) is 1.85. The van der Waals surface area contributed by atoms with Crippen molar-refractivity contribution in [2.75, 3.05) is 31.6 Å². The third-order valence-electron chi connectivity index (χ3n) is 2.21. The molecule has 18 heavy (non-hydrogen) atoms. The second-order valence-corrected chi connectivity index (χ2v) is 6.71. The molecule has 0 rings (SSSR count). The number of Topliss-reactive ketones (excluding diaryl/α,β-unsaturated/α-hetero) is 1. The molecular formula is C12H24N2O2S2. The van der Waals surface area contributed by atoms with E-state index in [0.29, 0.717) is 12.8 Å². The highest BCUT2D eigenvalue weighted by molar-refractivity contribution is 8.76. The van der Waals surface area contributed by atoms with Gasteiger partial charge in [-0.1, -0.05) is 21.6 Å². The van der Waals surface area contributed by atoms with Crippen molar-refractivity contribution in [3.63, 3.8) is 0 Å². The zero-order valence-corrected chi connectivity index (χ0v) is 12.9. The predicted molar refractivity (Wildman–Crippen MR) is 81.0 cm³/mol. The van der Waals surface area contributed by atoms with Crippen molar-refractivity contribution in [1.82, 2.24) is 10.6 Å². The minimum atomic E-state index is 0.0966. The van der Waals surface area contributed by atoms with Crippen LogP contribution >= 0.6 is 21.6 Å². The highest BCUT2D eigenvalue weighted by atomic mass is 33.1. The van der Waals surface area contributed by atoms with Crippen LogP contribution in [-0.4, -0.2) is 43.3 Å². The number of amides is 1. The number of carbonyl (C=O) groups excluding carboxylic acids is 2. The number of carbonyl (C=O) groups is 2. The van der Waals surface area contributed by atoms with Crippen molar-refractivity contribution in [3.8, 4) is 0 Å². The number of ketones is 1. The largest absolute Gasteiger partial charge is 0.355 e. The van der Waals surface area contributed by atoms with Crippen LogP contribution in [0.25, 0.3) is 0 Å². The first-order valence-electron chi connectivity index (χ1n) is 6.32. The maximum Gasteiger partial charge on any atom is 0.220 e. The Morgan fingerprint density at radius 1 is 1.00 bits per heavy atom. The molecule has 0 saturated carbocycles. The molecule has 2 N–H and O–H groups in total. The molecule has 0 aromatic rings. The Morgan fingerprint density at radius 2 is 1.61 bits per heavy atom. The standard InChI is InChI=1S/C12H24N2O2S2/c1-11(15)5-3-4-6-12(16)14-8-10-18-17-9-7-13-2/h13H,3-10H2,1-2H3,(H,14,16). The normalized spacial score (nSPS) is 10.3. The zero-order chi connectivity index (χ0) is 13.6. The Morgan fingerprint density at radius 3 is 2.22 bits per heavy atom. The summed E-state index contributed by atoms with van der Waals surface area (Å²) in [6.07, 6.45) is 2.74. The molecule has 0 aromatic heterocycles. The van der Waals surface area contributed by atoms with E-state index in [4.69, 9.17) is 0 Å². The molecule has 106 valence electrons. The zero-order valence-electron chi connectivity index (χ0n) is 11.3. The van der Waals surface area contributed by atoms with E-state index in [9.17, 15) is 9.59 Å². The molecule has 6 heteroatoms. The van der Waals surface area contributed by atoms with Gasteiger partial charge >= 0.3 is 0 Å². The lowest BCUT2D eigenvalue weighted by Crippen LogP contribution is -2.25. The second-order valence-electron chi connectivity index (χ2n) is 4.01. The fourth-order valence-electron chi connectivity index (χ4n) is 1.24. The van der Waals surface area contributed by atoms with Gasteiger partial charge in [-0.25, -0.2) is 0 Å². The lowest BCUT2D eigenvalue weighted by molar-refractivity contribution is -0.121. The van der Waals surface area contributed by atoms with Crippen LogP contribution in [0.3, 0.4) is 0 Å². The van der Waals surface area contributed by atoms with Gasteiger partial charge in [-0.2, -0.15) is 0 Å². The highest BCUT2D eigenvalue weighted by Crippen LogP contribution is 2.19. The van der Waals surface area contributed by atoms with Crippen LogP contribution in [0.1, 0.15) is 32.6 Å². The monoisotopic (exact) mass is 292 g/mol. The average molecular weight is 292 g/mol. The fourth-order valence-corrected chi connectivity index (χ4v) is 3.16. The van der Waals surface area contributed by atoms with Crippen LogP contribution in [0.5, 0.6) is 0 Å². The molecule has 0 aliphatic carbocycles. The summed E-state index contributed by atoms with van der Waals surface area (Å²) in [6, 6.07) is 0. The number of nitrogens with one attached hydrogen (secondary N) is 2. The summed E-state index contributed by atoms with van der Waals surface area (Å²) in [4.78, 5) is 22.1. The Labute approximate surface area is 118 Å². The van der Waals surface area contributed by atoms with E-state index in [0.717, 1.165) is 37.4 Å². The molecule has 0 heterocycles. The second kappa shape index (κ2) is 13.2. The van der Waals surface area contributed by atoms with Gasteiger partial charge in [0.2, 0.25) is 5.91 Å². The van der Waals surface area contributed by atoms with E-state index < -0.39 is 0 Å². The van der Waals surface area contributed by atoms with Gasteiger partial charge in [-0.3, -0.25) is 4.79 Å². The van der Waals surface area contributed by atoms with Crippen molar-refractivity contribution in [1.29, 1.82) is 0 Å². The first-order valence-corrected chi connectivity index (χ1v) is 8.80. The summed E-state index contributed by atoms with van der Waals surface area (Å²) >= 11 is 0. The molecule has 0 radical (unpaired) electrons. The van der Waals surface area contributed by atoms with Gasteiger partial charge < -0.3 is 15.4 Å². The van der Waals surface area contributed by atoms with Gasteiger partial charge in [0.05, 0.1) is 0 Å². The molecule has 0 fully saturated rings. The van der Waals surface area contributed by atoms with Crippen molar-refractivity contribution >= 4 is 33.3 Å². The van der Waals surface area contributed by atoms with Crippen LogP contribution in [0, 0.1) is 0 Å². The molecule has 0 spiro atoms. The van der Waals surface area contributed by atoms with E-state index in [-0.39, 0.29) is 11.7 Å². The van der Waals surface area contributed by atoms with Gasteiger partial charge in [0, 0.05) is 37.4 Å². The molecule has 4 nitrogen and oxygen atoms in total. The van der Waals surface area contributed by atoms with E-state index in [2.05, 4.69) is 10.6 Å². The number of hydrogen-bond donors (Lipinski definition) is 2. The minimum absolute atomic E-state index is 0.0966. The SMILES string of the molecule is CNCCSSCCNC(=O)CCCCC(C)=O. The maximum atomic E-state index is 11.4. The lowest BCUT2D eigenvalue weighted by Gasteiger charge is -2.04. The van der Waals surface area contributed by atoms with Crippen LogP contribution in [0.2, 0.25) is 0 Å². The van der Waals surface area contributed by atoms with E-state index in [1.54, 1.807) is 17.7 Å². The summed E-state index contributed by atoms with van der Waals surface area (Å²) < 4.78 is 0. The molecular weight excluding hydrogens is 268 g/mol. The Hall–Kier alpha value is -0.200. The Balaban J connectivity index is 3.19. The summed E-state index contributed by atoms with van der Waals surface area (Å²) in [5, 5.41) is 5.97. The van der Waals surface area contributed by atoms with Crippen molar-refractivity contribution in [2.45, 2.75) is 32.6 Å². The van der Waals surface area contributed by atoms with E-state index in [1.165, 1.54) is 0 Å². The van der Waals surface area contributed by atoms with Gasteiger partial charge in [0.15, 0.2) is 0 Å². The van der Waals surface area contributed by atoms with Crippen molar-refractivity contribution < 1.29 is 9.59 Å². The third-order valence-corrected chi connectivity index (χ3v) is 4.62. The smallest absolute Gasteiger partial charge is 0.220 e. The third kappa shape index (κ3) is 13.9. The van der Waals surface area contributed by atoms with Gasteiger partial charge in [-0.05, 0) is 26.8 Å². The fraction of sp³-hybridized carbons (Fsp3) is 0.833.